The first-order valence-corrected chi connectivity index (χ1v) is 4.79. The van der Waals surface area contributed by atoms with Gasteiger partial charge in [-0.15, -0.1) is 0 Å². The van der Waals surface area contributed by atoms with Crippen molar-refractivity contribution < 1.29 is 0 Å². The molecule has 0 aromatic carbocycles. The van der Waals surface area contributed by atoms with Gasteiger partial charge < -0.3 is 5.32 Å². The summed E-state index contributed by atoms with van der Waals surface area (Å²) in [4.78, 5) is 0. The minimum atomic E-state index is 0.828. The third-order valence-electron chi connectivity index (χ3n) is 3.56. The lowest BCUT2D eigenvalue weighted by atomic mass is 9.75. The molecule has 1 heteroatoms. The van der Waals surface area contributed by atoms with Crippen LogP contribution in [-0.4, -0.2) is 12.1 Å². The van der Waals surface area contributed by atoms with Gasteiger partial charge in [-0.1, -0.05) is 18.6 Å². The van der Waals surface area contributed by atoms with Crippen molar-refractivity contribution in [2.75, 3.05) is 0 Å². The maximum atomic E-state index is 3.71. The fourth-order valence-corrected chi connectivity index (χ4v) is 3.05. The van der Waals surface area contributed by atoms with E-state index in [1.807, 2.05) is 0 Å². The van der Waals surface area contributed by atoms with E-state index >= 15 is 0 Å². The van der Waals surface area contributed by atoms with E-state index < -0.39 is 0 Å². The molecule has 0 radical (unpaired) electrons. The molecule has 3 rings (SSSR count). The topological polar surface area (TPSA) is 12.0 Å². The molecule has 1 heterocycles. The van der Waals surface area contributed by atoms with E-state index in [4.69, 9.17) is 0 Å². The normalized spacial score (nSPS) is 53.0. The molecule has 0 aromatic rings. The molecule has 2 fully saturated rings. The summed E-state index contributed by atoms with van der Waals surface area (Å²) in [5.74, 6) is 1.78. The average Bonchev–Trinajstić information content (AvgIpc) is 2.14. The van der Waals surface area contributed by atoms with Crippen molar-refractivity contribution in [3.8, 4) is 0 Å². The Morgan fingerprint density at radius 3 is 3.27 bits per heavy atom. The van der Waals surface area contributed by atoms with Crippen LogP contribution in [-0.2, 0) is 0 Å². The van der Waals surface area contributed by atoms with Gasteiger partial charge in [-0.25, -0.2) is 0 Å². The van der Waals surface area contributed by atoms with E-state index in [0.29, 0.717) is 0 Å². The molecule has 11 heavy (non-hydrogen) atoms. The Kier molecular flexibility index (Phi) is 1.07. The Bertz CT molecular complexity index is 219. The lowest BCUT2D eigenvalue weighted by molar-refractivity contribution is 0.369. The van der Waals surface area contributed by atoms with Crippen molar-refractivity contribution in [2.24, 2.45) is 11.8 Å². The number of nitrogens with one attached hydrogen (secondary N) is 1. The number of rotatable bonds is 0. The Morgan fingerprint density at radius 2 is 2.36 bits per heavy atom. The molecule has 1 N–H and O–H groups in total. The molecule has 60 valence electrons. The monoisotopic (exact) mass is 149 g/mol. The second kappa shape index (κ2) is 1.89. The second-order valence-electron chi connectivity index (χ2n) is 4.47. The first-order chi connectivity index (χ1) is 5.33. The van der Waals surface area contributed by atoms with Gasteiger partial charge in [-0.3, -0.25) is 0 Å². The van der Waals surface area contributed by atoms with Gasteiger partial charge in [-0.2, -0.15) is 0 Å². The molecule has 1 nitrogen and oxygen atoms in total. The Hall–Kier alpha value is -0.300. The van der Waals surface area contributed by atoms with Gasteiger partial charge in [0.05, 0.1) is 0 Å². The van der Waals surface area contributed by atoms with Crippen molar-refractivity contribution in [3.63, 3.8) is 0 Å². The maximum absolute atomic E-state index is 3.71. The molecular weight excluding hydrogens is 134 g/mol. The molecule has 3 aliphatic rings. The molecular formula is C10H15N. The molecule has 1 saturated carbocycles. The highest BCUT2D eigenvalue weighted by molar-refractivity contribution is 5.28. The van der Waals surface area contributed by atoms with Crippen LogP contribution >= 0.6 is 0 Å². The third kappa shape index (κ3) is 0.750. The summed E-state index contributed by atoms with van der Waals surface area (Å²) < 4.78 is 0. The second-order valence-corrected chi connectivity index (χ2v) is 4.47. The summed E-state index contributed by atoms with van der Waals surface area (Å²) >= 11 is 0. The summed E-state index contributed by atoms with van der Waals surface area (Å²) in [6.45, 7) is 2.35. The quantitative estimate of drug-likeness (QED) is 0.517. The van der Waals surface area contributed by atoms with Crippen molar-refractivity contribution in [2.45, 2.75) is 38.3 Å². The predicted octanol–water partition coefficient (Wildman–Crippen LogP) is 1.70. The van der Waals surface area contributed by atoms with E-state index in [1.165, 1.54) is 19.3 Å². The van der Waals surface area contributed by atoms with Crippen LogP contribution in [0.15, 0.2) is 11.6 Å². The van der Waals surface area contributed by atoms with Crippen LogP contribution in [0.5, 0.6) is 0 Å². The highest BCUT2D eigenvalue weighted by atomic mass is 15.0. The van der Waals surface area contributed by atoms with Gasteiger partial charge in [0.15, 0.2) is 0 Å². The first-order valence-electron chi connectivity index (χ1n) is 4.79. The summed E-state index contributed by atoms with van der Waals surface area (Å²) in [6.07, 6.45) is 6.69. The van der Waals surface area contributed by atoms with E-state index in [0.717, 1.165) is 23.9 Å². The average molecular weight is 149 g/mol. The largest absolute Gasteiger partial charge is 0.310 e. The van der Waals surface area contributed by atoms with Gasteiger partial charge in [0.2, 0.25) is 0 Å². The third-order valence-corrected chi connectivity index (χ3v) is 3.56. The van der Waals surface area contributed by atoms with Crippen LogP contribution in [0.3, 0.4) is 0 Å². The Labute approximate surface area is 67.9 Å². The Morgan fingerprint density at radius 1 is 1.45 bits per heavy atom. The van der Waals surface area contributed by atoms with Gasteiger partial charge in [0.25, 0.3) is 0 Å². The van der Waals surface area contributed by atoms with Gasteiger partial charge in [0.1, 0.15) is 0 Å². The SMILES string of the molecule is CC1C=C2CC3NC(C1)CC23. The summed E-state index contributed by atoms with van der Waals surface area (Å²) in [7, 11) is 0. The van der Waals surface area contributed by atoms with E-state index in [2.05, 4.69) is 18.3 Å². The number of allylic oxidation sites excluding steroid dienone is 1. The zero-order valence-electron chi connectivity index (χ0n) is 7.01. The van der Waals surface area contributed by atoms with E-state index in [1.54, 1.807) is 5.57 Å². The highest BCUT2D eigenvalue weighted by Gasteiger charge is 2.45. The number of hydrogen-bond donors (Lipinski definition) is 1. The standard InChI is InChI=1S/C10H15N/c1-6-2-7-4-10-9(7)5-8(3-6)11-10/h2,6,8-11H,3-5H2,1H3. The maximum Gasteiger partial charge on any atom is 0.0173 e. The fourth-order valence-electron chi connectivity index (χ4n) is 3.05. The van der Waals surface area contributed by atoms with Crippen LogP contribution in [0, 0.1) is 11.8 Å². The fraction of sp³-hybridized carbons (Fsp3) is 0.800. The summed E-state index contributed by atoms with van der Waals surface area (Å²) in [5.41, 5.74) is 1.76. The van der Waals surface area contributed by atoms with E-state index in [9.17, 15) is 0 Å². The zero-order valence-corrected chi connectivity index (χ0v) is 7.01. The lowest BCUT2D eigenvalue weighted by Gasteiger charge is -2.35. The van der Waals surface area contributed by atoms with Crippen molar-refractivity contribution in [1.29, 1.82) is 0 Å². The molecule has 1 saturated heterocycles. The molecule has 0 aromatic heterocycles. The van der Waals surface area contributed by atoms with Crippen molar-refractivity contribution in [1.82, 2.24) is 5.32 Å². The van der Waals surface area contributed by atoms with Crippen LogP contribution in [0.4, 0.5) is 0 Å². The lowest BCUT2D eigenvalue weighted by Crippen LogP contribution is -2.41. The molecule has 2 aliphatic carbocycles. The minimum Gasteiger partial charge on any atom is -0.310 e. The molecule has 4 atom stereocenters. The highest BCUT2D eigenvalue weighted by Crippen LogP contribution is 2.46. The predicted molar refractivity (Wildman–Crippen MR) is 45.3 cm³/mol. The molecule has 4 unspecified atom stereocenters. The van der Waals surface area contributed by atoms with Gasteiger partial charge in [-0.05, 0) is 31.1 Å². The molecule has 0 spiro atoms. The molecule has 2 bridgehead atoms. The van der Waals surface area contributed by atoms with Crippen molar-refractivity contribution >= 4 is 0 Å². The number of hydrogen-bond acceptors (Lipinski definition) is 1. The molecule has 0 amide bonds. The summed E-state index contributed by atoms with van der Waals surface area (Å²) in [5, 5.41) is 3.71. The summed E-state index contributed by atoms with van der Waals surface area (Å²) in [6, 6.07) is 1.72. The van der Waals surface area contributed by atoms with Crippen LogP contribution in [0.25, 0.3) is 0 Å². The van der Waals surface area contributed by atoms with E-state index in [-0.39, 0.29) is 0 Å². The first kappa shape index (κ1) is 6.24. The number of fused-ring (bicyclic) bond motifs is 1. The van der Waals surface area contributed by atoms with Gasteiger partial charge in [0, 0.05) is 12.1 Å². The van der Waals surface area contributed by atoms with Crippen LogP contribution in [0.2, 0.25) is 0 Å². The van der Waals surface area contributed by atoms with Crippen LogP contribution < -0.4 is 5.32 Å². The van der Waals surface area contributed by atoms with Gasteiger partial charge >= 0.3 is 0 Å². The Balaban J connectivity index is 1.97. The molecule has 1 aliphatic heterocycles. The smallest absolute Gasteiger partial charge is 0.0173 e. The minimum absolute atomic E-state index is 0.828. The van der Waals surface area contributed by atoms with Crippen LogP contribution in [0.1, 0.15) is 26.2 Å². The van der Waals surface area contributed by atoms with Crippen molar-refractivity contribution in [3.05, 3.63) is 11.6 Å². The zero-order chi connectivity index (χ0) is 7.42.